The molecule has 1 heterocycles. The van der Waals surface area contributed by atoms with E-state index in [0.29, 0.717) is 13.2 Å². The number of hydrogen-bond acceptors (Lipinski definition) is 2. The lowest BCUT2D eigenvalue weighted by Gasteiger charge is -2.04. The summed E-state index contributed by atoms with van der Waals surface area (Å²) in [6, 6.07) is 3.93. The molecule has 0 unspecified atom stereocenters. The van der Waals surface area contributed by atoms with Crippen molar-refractivity contribution < 1.29 is 4.74 Å². The number of rotatable bonds is 4. The van der Waals surface area contributed by atoms with Crippen LogP contribution in [-0.4, -0.2) is 11.6 Å². The van der Waals surface area contributed by atoms with Crippen LogP contribution in [0.4, 0.5) is 0 Å². The molecule has 0 radical (unpaired) electrons. The van der Waals surface area contributed by atoms with E-state index in [9.17, 15) is 0 Å². The van der Waals surface area contributed by atoms with E-state index in [4.69, 9.17) is 4.74 Å². The van der Waals surface area contributed by atoms with Crippen LogP contribution in [0.15, 0.2) is 29.4 Å². The van der Waals surface area contributed by atoms with Crippen molar-refractivity contribution in [2.45, 2.75) is 13.5 Å². The second kappa shape index (κ2) is 5.14. The topological polar surface area (TPSA) is 22.1 Å². The molecule has 13 heavy (non-hydrogen) atoms. The fourth-order valence-electron chi connectivity index (χ4n) is 0.964. The second-order valence-corrected chi connectivity index (χ2v) is 3.49. The van der Waals surface area contributed by atoms with Crippen LogP contribution in [0.2, 0.25) is 0 Å². The van der Waals surface area contributed by atoms with Gasteiger partial charge in [0.1, 0.15) is 4.60 Å². The lowest BCUT2D eigenvalue weighted by molar-refractivity contribution is 0.148. The summed E-state index contributed by atoms with van der Waals surface area (Å²) in [5, 5.41) is 0. The van der Waals surface area contributed by atoms with Gasteiger partial charge in [-0.25, -0.2) is 4.98 Å². The van der Waals surface area contributed by atoms with E-state index in [1.807, 2.05) is 19.1 Å². The molecule has 0 N–H and O–H groups in total. The maximum atomic E-state index is 5.32. The van der Waals surface area contributed by atoms with Gasteiger partial charge in [0, 0.05) is 5.69 Å². The van der Waals surface area contributed by atoms with E-state index in [1.165, 1.54) is 0 Å². The van der Waals surface area contributed by atoms with Crippen molar-refractivity contribution in [3.05, 3.63) is 40.6 Å². The van der Waals surface area contributed by atoms with Crippen molar-refractivity contribution in [3.8, 4) is 0 Å². The largest absolute Gasteiger partial charge is 0.373 e. The first-order valence-corrected chi connectivity index (χ1v) is 4.84. The van der Waals surface area contributed by atoms with Gasteiger partial charge >= 0.3 is 0 Å². The van der Waals surface area contributed by atoms with E-state index < -0.39 is 0 Å². The normalized spacial score (nSPS) is 10.0. The lowest BCUT2D eigenvalue weighted by atomic mass is 10.2. The summed E-state index contributed by atoms with van der Waals surface area (Å²) in [6.07, 6.45) is 1.74. The number of aromatic nitrogens is 1. The average molecular weight is 242 g/mol. The molecule has 1 aromatic rings. The highest BCUT2D eigenvalue weighted by Crippen LogP contribution is 2.12. The minimum atomic E-state index is 0.579. The van der Waals surface area contributed by atoms with Crippen LogP contribution in [0.1, 0.15) is 11.3 Å². The molecule has 0 bridgehead atoms. The fraction of sp³-hybridized carbons (Fsp3) is 0.300. The second-order valence-electron chi connectivity index (χ2n) is 2.68. The van der Waals surface area contributed by atoms with E-state index in [2.05, 4.69) is 27.5 Å². The highest BCUT2D eigenvalue weighted by atomic mass is 79.9. The zero-order chi connectivity index (χ0) is 9.68. The molecule has 1 rings (SSSR count). The van der Waals surface area contributed by atoms with Gasteiger partial charge in [-0.2, -0.15) is 0 Å². The number of hydrogen-bond donors (Lipinski definition) is 0. The van der Waals surface area contributed by atoms with Gasteiger partial charge in [-0.3, -0.25) is 0 Å². The van der Waals surface area contributed by atoms with E-state index in [1.54, 1.807) is 6.08 Å². The summed E-state index contributed by atoms with van der Waals surface area (Å²) in [4.78, 5) is 4.26. The van der Waals surface area contributed by atoms with Gasteiger partial charge < -0.3 is 4.74 Å². The molecule has 3 heteroatoms. The Bertz CT molecular complexity index is 299. The number of halogens is 1. The highest BCUT2D eigenvalue weighted by molar-refractivity contribution is 9.10. The van der Waals surface area contributed by atoms with E-state index in [0.717, 1.165) is 15.9 Å². The number of aryl methyl sites for hydroxylation is 1. The third-order valence-corrected chi connectivity index (χ3v) is 2.10. The lowest BCUT2D eigenvalue weighted by Crippen LogP contribution is -1.97. The van der Waals surface area contributed by atoms with Gasteiger partial charge in [0.15, 0.2) is 0 Å². The first-order valence-electron chi connectivity index (χ1n) is 4.04. The summed E-state index contributed by atoms with van der Waals surface area (Å²) in [5.74, 6) is 0. The Hall–Kier alpha value is -0.670. The molecule has 70 valence electrons. The minimum Gasteiger partial charge on any atom is -0.373 e. The summed E-state index contributed by atoms with van der Waals surface area (Å²) in [6.45, 7) is 6.72. The van der Waals surface area contributed by atoms with Crippen LogP contribution in [0, 0.1) is 6.92 Å². The predicted octanol–water partition coefficient (Wildman–Crippen LogP) is 2.86. The Kier molecular flexibility index (Phi) is 4.12. The Morgan fingerprint density at radius 3 is 3.00 bits per heavy atom. The Morgan fingerprint density at radius 2 is 2.38 bits per heavy atom. The maximum absolute atomic E-state index is 5.32. The monoisotopic (exact) mass is 241 g/mol. The molecular formula is C10H12BrNO. The molecule has 2 nitrogen and oxygen atoms in total. The molecule has 0 aliphatic heterocycles. The Labute approximate surface area is 86.8 Å². The van der Waals surface area contributed by atoms with Crippen molar-refractivity contribution in [3.63, 3.8) is 0 Å². The van der Waals surface area contributed by atoms with Crippen molar-refractivity contribution in [2.75, 3.05) is 6.61 Å². The van der Waals surface area contributed by atoms with Gasteiger partial charge in [0.25, 0.3) is 0 Å². The van der Waals surface area contributed by atoms with Crippen molar-refractivity contribution in [2.24, 2.45) is 0 Å². The van der Waals surface area contributed by atoms with Crippen molar-refractivity contribution in [1.29, 1.82) is 0 Å². The summed E-state index contributed by atoms with van der Waals surface area (Å²) in [5.41, 5.74) is 2.11. The molecule has 0 spiro atoms. The third-order valence-electron chi connectivity index (χ3n) is 1.65. The fourth-order valence-corrected chi connectivity index (χ4v) is 1.36. The summed E-state index contributed by atoms with van der Waals surface area (Å²) in [7, 11) is 0. The van der Waals surface area contributed by atoms with Crippen LogP contribution in [0.5, 0.6) is 0 Å². The molecule has 0 saturated heterocycles. The van der Waals surface area contributed by atoms with Gasteiger partial charge in [0.2, 0.25) is 0 Å². The quantitative estimate of drug-likeness (QED) is 0.460. The third kappa shape index (κ3) is 3.28. The first kappa shape index (κ1) is 10.4. The van der Waals surface area contributed by atoms with E-state index >= 15 is 0 Å². The number of pyridine rings is 1. The Morgan fingerprint density at radius 1 is 1.62 bits per heavy atom. The van der Waals surface area contributed by atoms with Crippen LogP contribution < -0.4 is 0 Å². The molecular weight excluding hydrogens is 230 g/mol. The smallest absolute Gasteiger partial charge is 0.106 e. The highest BCUT2D eigenvalue weighted by Gasteiger charge is 1.99. The molecule has 0 saturated carbocycles. The van der Waals surface area contributed by atoms with Crippen LogP contribution >= 0.6 is 15.9 Å². The molecule has 0 amide bonds. The van der Waals surface area contributed by atoms with Crippen molar-refractivity contribution in [1.82, 2.24) is 4.98 Å². The summed E-state index contributed by atoms with van der Waals surface area (Å²) >= 11 is 3.31. The minimum absolute atomic E-state index is 0.579. The summed E-state index contributed by atoms with van der Waals surface area (Å²) < 4.78 is 6.17. The number of nitrogens with zero attached hydrogens (tertiary/aromatic N) is 1. The van der Waals surface area contributed by atoms with Crippen molar-refractivity contribution >= 4 is 15.9 Å². The van der Waals surface area contributed by atoms with Crippen LogP contribution in [0.3, 0.4) is 0 Å². The zero-order valence-corrected chi connectivity index (χ0v) is 9.17. The SMILES string of the molecule is C=CCOCc1ccc(Br)nc1C. The molecule has 0 aliphatic carbocycles. The Balaban J connectivity index is 2.61. The molecule has 1 aromatic heterocycles. The van der Waals surface area contributed by atoms with Gasteiger partial charge in [-0.15, -0.1) is 6.58 Å². The zero-order valence-electron chi connectivity index (χ0n) is 7.59. The maximum Gasteiger partial charge on any atom is 0.106 e. The van der Waals surface area contributed by atoms with E-state index in [-0.39, 0.29) is 0 Å². The molecule has 0 atom stereocenters. The number of ether oxygens (including phenoxy) is 1. The first-order chi connectivity index (χ1) is 6.24. The van der Waals surface area contributed by atoms with Crippen LogP contribution in [0.25, 0.3) is 0 Å². The standard InChI is InChI=1S/C10H12BrNO/c1-3-6-13-7-9-4-5-10(11)12-8(9)2/h3-5H,1,6-7H2,2H3. The van der Waals surface area contributed by atoms with Gasteiger partial charge in [-0.05, 0) is 34.5 Å². The van der Waals surface area contributed by atoms with Gasteiger partial charge in [-0.1, -0.05) is 12.1 Å². The molecule has 0 aliphatic rings. The molecule has 0 fully saturated rings. The molecule has 0 aromatic carbocycles. The van der Waals surface area contributed by atoms with Gasteiger partial charge in [0.05, 0.1) is 13.2 Å². The predicted molar refractivity (Wildman–Crippen MR) is 56.5 cm³/mol. The average Bonchev–Trinajstić information content (AvgIpc) is 2.09. The van der Waals surface area contributed by atoms with Crippen LogP contribution in [-0.2, 0) is 11.3 Å².